The van der Waals surface area contributed by atoms with Gasteiger partial charge in [0.05, 0.1) is 5.56 Å². The van der Waals surface area contributed by atoms with Crippen molar-refractivity contribution in [3.05, 3.63) is 52.9 Å². The minimum atomic E-state index is -0.536. The number of hydrogen-bond donors (Lipinski definition) is 3. The molecule has 2 amide bonds. The molecule has 2 rings (SSSR count). The highest BCUT2D eigenvalue weighted by Crippen LogP contribution is 2.22. The lowest BCUT2D eigenvalue weighted by atomic mass is 10.1. The summed E-state index contributed by atoms with van der Waals surface area (Å²) >= 11 is 1.29. The number of hydrogen-bond acceptors (Lipinski definition) is 3. The van der Waals surface area contributed by atoms with Gasteiger partial charge in [-0.1, -0.05) is 30.3 Å². The molecule has 116 valence electrons. The van der Waals surface area contributed by atoms with Crippen LogP contribution in [0.2, 0.25) is 0 Å². The second kappa shape index (κ2) is 7.20. The third-order valence-corrected chi connectivity index (χ3v) is 4.31. The number of carbonyl (C=O) groups excluding carboxylic acids is 2. The van der Waals surface area contributed by atoms with E-state index in [2.05, 4.69) is 12.2 Å². The molecule has 0 aliphatic heterocycles. The van der Waals surface area contributed by atoms with Gasteiger partial charge in [0.15, 0.2) is 6.04 Å². The standard InChI is InChI=1S/C16H19N3O2S/c1-10(12-6-4-3-5-7-12)18-11(2)15(21)19-16-13(14(17)20)8-9-22-16/h3-11,18H,1-2H3,(H2,17,20)(H,19,21)/p+1/t10-,11-/m0/s1. The van der Waals surface area contributed by atoms with Crippen LogP contribution in [-0.4, -0.2) is 17.9 Å². The average molecular weight is 318 g/mol. The van der Waals surface area contributed by atoms with E-state index in [0.717, 1.165) is 5.56 Å². The maximum Gasteiger partial charge on any atom is 0.282 e. The number of thiophene rings is 1. The van der Waals surface area contributed by atoms with Gasteiger partial charge in [-0.25, -0.2) is 0 Å². The zero-order valence-electron chi connectivity index (χ0n) is 12.6. The van der Waals surface area contributed by atoms with Gasteiger partial charge in [0.1, 0.15) is 11.0 Å². The average Bonchev–Trinajstić information content (AvgIpc) is 2.96. The Morgan fingerprint density at radius 3 is 2.50 bits per heavy atom. The Hall–Kier alpha value is -2.18. The molecule has 5 nitrogen and oxygen atoms in total. The Morgan fingerprint density at radius 2 is 1.86 bits per heavy atom. The van der Waals surface area contributed by atoms with Crippen LogP contribution in [0.3, 0.4) is 0 Å². The fraction of sp³-hybridized carbons (Fsp3) is 0.250. The summed E-state index contributed by atoms with van der Waals surface area (Å²) in [5.74, 6) is -0.682. The highest BCUT2D eigenvalue weighted by Gasteiger charge is 2.22. The Balaban J connectivity index is 1.97. The van der Waals surface area contributed by atoms with Crippen LogP contribution in [0.1, 0.15) is 35.8 Å². The molecule has 1 heterocycles. The lowest BCUT2D eigenvalue weighted by Gasteiger charge is -2.16. The fourth-order valence-corrected chi connectivity index (χ4v) is 3.01. The van der Waals surface area contributed by atoms with E-state index in [1.54, 1.807) is 11.4 Å². The molecule has 5 N–H and O–H groups in total. The molecule has 0 radical (unpaired) electrons. The van der Waals surface area contributed by atoms with Gasteiger partial charge in [0.2, 0.25) is 0 Å². The summed E-state index contributed by atoms with van der Waals surface area (Å²) in [5, 5.41) is 7.00. The van der Waals surface area contributed by atoms with Crippen LogP contribution in [0.4, 0.5) is 5.00 Å². The van der Waals surface area contributed by atoms with Crippen molar-refractivity contribution in [3.8, 4) is 0 Å². The molecule has 0 aliphatic carbocycles. The lowest BCUT2D eigenvalue weighted by molar-refractivity contribution is -0.709. The van der Waals surface area contributed by atoms with Gasteiger partial charge < -0.3 is 16.4 Å². The van der Waals surface area contributed by atoms with E-state index in [0.29, 0.717) is 10.6 Å². The SMILES string of the molecule is C[C@H]([NH2+][C@@H](C)c1ccccc1)C(=O)Nc1sccc1C(N)=O. The smallest absolute Gasteiger partial charge is 0.282 e. The molecular weight excluding hydrogens is 298 g/mol. The number of carbonyl (C=O) groups is 2. The topological polar surface area (TPSA) is 88.8 Å². The Kier molecular flexibility index (Phi) is 5.30. The summed E-state index contributed by atoms with van der Waals surface area (Å²) < 4.78 is 0. The van der Waals surface area contributed by atoms with Gasteiger partial charge in [0, 0.05) is 5.56 Å². The van der Waals surface area contributed by atoms with Crippen molar-refractivity contribution in [2.45, 2.75) is 25.9 Å². The largest absolute Gasteiger partial charge is 0.366 e. The normalized spacial score (nSPS) is 13.4. The van der Waals surface area contributed by atoms with Crippen LogP contribution in [0.25, 0.3) is 0 Å². The summed E-state index contributed by atoms with van der Waals surface area (Å²) in [5.41, 5.74) is 6.79. The van der Waals surface area contributed by atoms with Crippen molar-refractivity contribution in [1.82, 2.24) is 0 Å². The van der Waals surface area contributed by atoms with Crippen LogP contribution < -0.4 is 16.4 Å². The molecular formula is C16H20N3O2S+. The maximum absolute atomic E-state index is 12.3. The highest BCUT2D eigenvalue weighted by atomic mass is 32.1. The maximum atomic E-state index is 12.3. The van der Waals surface area contributed by atoms with Gasteiger partial charge in [0.25, 0.3) is 11.8 Å². The molecule has 0 fully saturated rings. The van der Waals surface area contributed by atoms with Crippen LogP contribution >= 0.6 is 11.3 Å². The number of quaternary nitrogens is 1. The van der Waals surface area contributed by atoms with Gasteiger partial charge in [-0.15, -0.1) is 11.3 Å². The summed E-state index contributed by atoms with van der Waals surface area (Å²) in [6, 6.07) is 11.5. The van der Waals surface area contributed by atoms with E-state index in [1.807, 2.05) is 42.6 Å². The van der Waals surface area contributed by atoms with Crippen LogP contribution in [0.5, 0.6) is 0 Å². The lowest BCUT2D eigenvalue weighted by Crippen LogP contribution is -2.91. The van der Waals surface area contributed by atoms with Crippen LogP contribution in [-0.2, 0) is 4.79 Å². The van der Waals surface area contributed by atoms with Crippen molar-refractivity contribution in [1.29, 1.82) is 0 Å². The monoisotopic (exact) mass is 318 g/mol. The van der Waals surface area contributed by atoms with Crippen molar-refractivity contribution in [3.63, 3.8) is 0 Å². The van der Waals surface area contributed by atoms with E-state index < -0.39 is 5.91 Å². The molecule has 0 unspecified atom stereocenters. The van der Waals surface area contributed by atoms with Crippen molar-refractivity contribution < 1.29 is 14.9 Å². The first kappa shape index (κ1) is 16.2. The zero-order chi connectivity index (χ0) is 16.1. The number of benzene rings is 1. The molecule has 0 aliphatic rings. The van der Waals surface area contributed by atoms with Crippen LogP contribution in [0, 0.1) is 0 Å². The number of nitrogens with two attached hydrogens (primary N) is 2. The van der Waals surface area contributed by atoms with E-state index in [9.17, 15) is 9.59 Å². The van der Waals surface area contributed by atoms with Crippen LogP contribution in [0.15, 0.2) is 41.8 Å². The van der Waals surface area contributed by atoms with E-state index in [4.69, 9.17) is 5.73 Å². The van der Waals surface area contributed by atoms with Crippen molar-refractivity contribution in [2.75, 3.05) is 5.32 Å². The Labute approximate surface area is 133 Å². The first-order valence-corrected chi connectivity index (χ1v) is 7.95. The number of rotatable bonds is 6. The summed E-state index contributed by atoms with van der Waals surface area (Å²) in [7, 11) is 0. The highest BCUT2D eigenvalue weighted by molar-refractivity contribution is 7.14. The molecule has 22 heavy (non-hydrogen) atoms. The van der Waals surface area contributed by atoms with Gasteiger partial charge in [-0.05, 0) is 25.3 Å². The first-order chi connectivity index (χ1) is 10.5. The van der Waals surface area contributed by atoms with E-state index >= 15 is 0 Å². The molecule has 0 saturated carbocycles. The molecule has 0 bridgehead atoms. The number of amides is 2. The quantitative estimate of drug-likeness (QED) is 0.753. The molecule has 2 aromatic rings. The fourth-order valence-electron chi connectivity index (χ4n) is 2.21. The number of nitrogens with one attached hydrogen (secondary N) is 1. The Morgan fingerprint density at radius 1 is 1.18 bits per heavy atom. The molecule has 6 heteroatoms. The Bertz CT molecular complexity index is 654. The predicted molar refractivity (Wildman–Crippen MR) is 87.7 cm³/mol. The van der Waals surface area contributed by atoms with Crippen molar-refractivity contribution >= 4 is 28.2 Å². The van der Waals surface area contributed by atoms with Gasteiger partial charge in [-0.3, -0.25) is 9.59 Å². The second-order valence-electron chi connectivity index (χ2n) is 5.20. The third-order valence-electron chi connectivity index (χ3n) is 3.48. The second-order valence-corrected chi connectivity index (χ2v) is 6.11. The summed E-state index contributed by atoms with van der Waals surface area (Å²) in [6.07, 6.45) is 0. The predicted octanol–water partition coefficient (Wildman–Crippen LogP) is 1.50. The number of anilines is 1. The minimum Gasteiger partial charge on any atom is -0.366 e. The minimum absolute atomic E-state index is 0.146. The molecule has 0 saturated heterocycles. The van der Waals surface area contributed by atoms with E-state index in [-0.39, 0.29) is 18.0 Å². The molecule has 1 aromatic carbocycles. The molecule has 0 spiro atoms. The summed E-state index contributed by atoms with van der Waals surface area (Å²) in [6.45, 7) is 3.89. The molecule has 1 aromatic heterocycles. The molecule has 2 atom stereocenters. The van der Waals surface area contributed by atoms with Crippen molar-refractivity contribution in [2.24, 2.45) is 5.73 Å². The number of primary amides is 1. The summed E-state index contributed by atoms with van der Waals surface area (Å²) in [4.78, 5) is 23.5. The third kappa shape index (κ3) is 3.93. The van der Waals surface area contributed by atoms with Gasteiger partial charge in [-0.2, -0.15) is 0 Å². The first-order valence-electron chi connectivity index (χ1n) is 7.07. The van der Waals surface area contributed by atoms with E-state index in [1.165, 1.54) is 11.3 Å². The van der Waals surface area contributed by atoms with Gasteiger partial charge >= 0.3 is 0 Å². The zero-order valence-corrected chi connectivity index (χ0v) is 13.4.